The minimum absolute atomic E-state index is 0.0816. The zero-order valence-electron chi connectivity index (χ0n) is 12.9. The molecule has 2 amide bonds. The molecular formula is C17H24N2O2. The molecule has 0 spiro atoms. The SMILES string of the molecule is CN(C)C(=O)C1CCN(C(=O)CCc2ccccc2)CC1. The molecule has 1 aromatic rings. The van der Waals surface area contributed by atoms with E-state index in [-0.39, 0.29) is 17.7 Å². The summed E-state index contributed by atoms with van der Waals surface area (Å²) in [4.78, 5) is 27.7. The molecule has 1 aliphatic heterocycles. The standard InChI is InChI=1S/C17H24N2O2/c1-18(2)17(21)15-10-12-19(13-11-15)16(20)9-8-14-6-4-3-5-7-14/h3-7,15H,8-13H2,1-2H3. The van der Waals surface area contributed by atoms with Gasteiger partial charge in [0.15, 0.2) is 0 Å². The Balaban J connectivity index is 1.77. The van der Waals surface area contributed by atoms with Crippen LogP contribution in [0.5, 0.6) is 0 Å². The van der Waals surface area contributed by atoms with Gasteiger partial charge in [-0.3, -0.25) is 9.59 Å². The summed E-state index contributed by atoms with van der Waals surface area (Å²) >= 11 is 0. The van der Waals surface area contributed by atoms with Gasteiger partial charge in [0.2, 0.25) is 11.8 Å². The second kappa shape index (κ2) is 7.25. The normalized spacial score (nSPS) is 15.8. The summed E-state index contributed by atoms with van der Waals surface area (Å²) in [7, 11) is 3.58. The minimum Gasteiger partial charge on any atom is -0.349 e. The van der Waals surface area contributed by atoms with Crippen molar-refractivity contribution in [3.8, 4) is 0 Å². The highest BCUT2D eigenvalue weighted by molar-refractivity contribution is 5.80. The van der Waals surface area contributed by atoms with E-state index < -0.39 is 0 Å². The van der Waals surface area contributed by atoms with E-state index in [0.717, 1.165) is 19.3 Å². The molecule has 4 heteroatoms. The van der Waals surface area contributed by atoms with Gasteiger partial charge in [0, 0.05) is 39.5 Å². The van der Waals surface area contributed by atoms with Crippen LogP contribution in [0.4, 0.5) is 0 Å². The molecule has 0 atom stereocenters. The zero-order valence-corrected chi connectivity index (χ0v) is 12.9. The van der Waals surface area contributed by atoms with Crippen molar-refractivity contribution in [3.05, 3.63) is 35.9 Å². The average Bonchev–Trinajstić information content (AvgIpc) is 2.53. The summed E-state index contributed by atoms with van der Waals surface area (Å²) in [5.41, 5.74) is 1.20. The molecule has 0 aromatic heterocycles. The molecule has 0 radical (unpaired) electrons. The van der Waals surface area contributed by atoms with Crippen molar-refractivity contribution in [3.63, 3.8) is 0 Å². The lowest BCUT2D eigenvalue weighted by molar-refractivity contribution is -0.139. The number of hydrogen-bond acceptors (Lipinski definition) is 2. The Hall–Kier alpha value is -1.84. The number of benzene rings is 1. The lowest BCUT2D eigenvalue weighted by Crippen LogP contribution is -2.42. The molecule has 114 valence electrons. The van der Waals surface area contributed by atoms with E-state index in [2.05, 4.69) is 12.1 Å². The van der Waals surface area contributed by atoms with Crippen LogP contribution in [0.25, 0.3) is 0 Å². The van der Waals surface area contributed by atoms with Gasteiger partial charge in [-0.1, -0.05) is 30.3 Å². The molecular weight excluding hydrogens is 264 g/mol. The van der Waals surface area contributed by atoms with Crippen LogP contribution in [0.2, 0.25) is 0 Å². The van der Waals surface area contributed by atoms with E-state index in [4.69, 9.17) is 0 Å². The molecule has 4 nitrogen and oxygen atoms in total. The summed E-state index contributed by atoms with van der Waals surface area (Å²) in [6.07, 6.45) is 2.91. The largest absolute Gasteiger partial charge is 0.349 e. The fourth-order valence-electron chi connectivity index (χ4n) is 2.80. The van der Waals surface area contributed by atoms with Gasteiger partial charge in [-0.15, -0.1) is 0 Å². The molecule has 1 aliphatic rings. The third-order valence-corrected chi connectivity index (χ3v) is 4.11. The third-order valence-electron chi connectivity index (χ3n) is 4.11. The quantitative estimate of drug-likeness (QED) is 0.849. The molecule has 0 saturated carbocycles. The fraction of sp³-hybridized carbons (Fsp3) is 0.529. The van der Waals surface area contributed by atoms with Gasteiger partial charge in [-0.05, 0) is 24.8 Å². The number of carbonyl (C=O) groups excluding carboxylic acids is 2. The van der Waals surface area contributed by atoms with Crippen molar-refractivity contribution in [2.75, 3.05) is 27.2 Å². The van der Waals surface area contributed by atoms with Crippen LogP contribution in [0, 0.1) is 5.92 Å². The Kier molecular flexibility index (Phi) is 5.37. The Morgan fingerprint density at radius 3 is 2.33 bits per heavy atom. The van der Waals surface area contributed by atoms with Crippen LogP contribution in [-0.2, 0) is 16.0 Å². The van der Waals surface area contributed by atoms with Crippen LogP contribution in [0.1, 0.15) is 24.8 Å². The minimum atomic E-state index is 0.0816. The highest BCUT2D eigenvalue weighted by atomic mass is 16.2. The first-order chi connectivity index (χ1) is 10.1. The Morgan fingerprint density at radius 2 is 1.76 bits per heavy atom. The zero-order chi connectivity index (χ0) is 15.2. The van der Waals surface area contributed by atoms with Gasteiger partial charge in [0.05, 0.1) is 0 Å². The van der Waals surface area contributed by atoms with Crippen LogP contribution in [0.3, 0.4) is 0 Å². The van der Waals surface area contributed by atoms with Gasteiger partial charge in [-0.2, -0.15) is 0 Å². The summed E-state index contributed by atoms with van der Waals surface area (Å²) in [6, 6.07) is 10.1. The first-order valence-corrected chi connectivity index (χ1v) is 7.61. The summed E-state index contributed by atoms with van der Waals surface area (Å²) in [5.74, 6) is 0.471. The number of aryl methyl sites for hydroxylation is 1. The van der Waals surface area contributed by atoms with E-state index >= 15 is 0 Å². The van der Waals surface area contributed by atoms with E-state index in [1.807, 2.05) is 23.1 Å². The molecule has 1 fully saturated rings. The lowest BCUT2D eigenvalue weighted by atomic mass is 9.95. The average molecular weight is 288 g/mol. The molecule has 1 aromatic carbocycles. The highest BCUT2D eigenvalue weighted by Gasteiger charge is 2.27. The van der Waals surface area contributed by atoms with E-state index in [0.29, 0.717) is 19.5 Å². The second-order valence-electron chi connectivity index (χ2n) is 5.87. The monoisotopic (exact) mass is 288 g/mol. The Labute approximate surface area is 126 Å². The molecule has 0 N–H and O–H groups in total. The van der Waals surface area contributed by atoms with Crippen LogP contribution < -0.4 is 0 Å². The number of amides is 2. The first kappa shape index (κ1) is 15.5. The molecule has 21 heavy (non-hydrogen) atoms. The maximum Gasteiger partial charge on any atom is 0.225 e. The second-order valence-corrected chi connectivity index (χ2v) is 5.87. The van der Waals surface area contributed by atoms with Crippen molar-refractivity contribution in [1.82, 2.24) is 9.80 Å². The van der Waals surface area contributed by atoms with Crippen molar-refractivity contribution < 1.29 is 9.59 Å². The molecule has 0 bridgehead atoms. The number of carbonyl (C=O) groups is 2. The van der Waals surface area contributed by atoms with Crippen LogP contribution in [-0.4, -0.2) is 48.8 Å². The molecule has 0 unspecified atom stereocenters. The summed E-state index contributed by atoms with van der Waals surface area (Å²) in [6.45, 7) is 1.41. The predicted molar refractivity (Wildman–Crippen MR) is 82.8 cm³/mol. The molecule has 2 rings (SSSR count). The number of rotatable bonds is 4. The molecule has 1 saturated heterocycles. The van der Waals surface area contributed by atoms with E-state index in [9.17, 15) is 9.59 Å². The maximum absolute atomic E-state index is 12.2. The first-order valence-electron chi connectivity index (χ1n) is 7.61. The Bertz CT molecular complexity index is 477. The number of nitrogens with zero attached hydrogens (tertiary/aromatic N) is 2. The predicted octanol–water partition coefficient (Wildman–Crippen LogP) is 1.95. The van der Waals surface area contributed by atoms with Crippen molar-refractivity contribution >= 4 is 11.8 Å². The van der Waals surface area contributed by atoms with Gasteiger partial charge in [-0.25, -0.2) is 0 Å². The molecule has 0 aliphatic carbocycles. The van der Waals surface area contributed by atoms with Crippen LogP contribution >= 0.6 is 0 Å². The number of likely N-dealkylation sites (tertiary alicyclic amines) is 1. The number of piperidine rings is 1. The Morgan fingerprint density at radius 1 is 1.14 bits per heavy atom. The van der Waals surface area contributed by atoms with Crippen molar-refractivity contribution in [2.45, 2.75) is 25.7 Å². The summed E-state index contributed by atoms with van der Waals surface area (Å²) in [5, 5.41) is 0. The fourth-order valence-corrected chi connectivity index (χ4v) is 2.80. The van der Waals surface area contributed by atoms with Gasteiger partial charge in [0.1, 0.15) is 0 Å². The maximum atomic E-state index is 12.2. The van der Waals surface area contributed by atoms with Crippen LogP contribution in [0.15, 0.2) is 30.3 Å². The summed E-state index contributed by atoms with van der Waals surface area (Å²) < 4.78 is 0. The molecule has 1 heterocycles. The van der Waals surface area contributed by atoms with Crippen molar-refractivity contribution in [2.24, 2.45) is 5.92 Å². The smallest absolute Gasteiger partial charge is 0.225 e. The van der Waals surface area contributed by atoms with Crippen molar-refractivity contribution in [1.29, 1.82) is 0 Å². The van der Waals surface area contributed by atoms with Gasteiger partial charge >= 0.3 is 0 Å². The highest BCUT2D eigenvalue weighted by Crippen LogP contribution is 2.19. The van der Waals surface area contributed by atoms with Gasteiger partial charge in [0.25, 0.3) is 0 Å². The van der Waals surface area contributed by atoms with E-state index in [1.165, 1.54) is 5.56 Å². The van der Waals surface area contributed by atoms with Gasteiger partial charge < -0.3 is 9.80 Å². The number of hydrogen-bond donors (Lipinski definition) is 0. The van der Waals surface area contributed by atoms with E-state index in [1.54, 1.807) is 19.0 Å². The topological polar surface area (TPSA) is 40.6 Å². The third kappa shape index (κ3) is 4.31. The lowest BCUT2D eigenvalue weighted by Gasteiger charge is -2.32.